The van der Waals surface area contributed by atoms with Gasteiger partial charge in [0.25, 0.3) is 5.56 Å². The molecule has 0 spiro atoms. The molecule has 0 bridgehead atoms. The predicted molar refractivity (Wildman–Crippen MR) is 64.3 cm³/mol. The molecule has 6 nitrogen and oxygen atoms in total. The molecule has 6 heteroatoms. The maximum atomic E-state index is 11.6. The molecular formula is C12H15N3O3. The first-order valence-corrected chi connectivity index (χ1v) is 6.08. The van der Waals surface area contributed by atoms with E-state index in [1.54, 1.807) is 23.2 Å². The van der Waals surface area contributed by atoms with Crippen molar-refractivity contribution in [2.45, 2.75) is 38.2 Å². The Morgan fingerprint density at radius 3 is 3.11 bits per heavy atom. The van der Waals surface area contributed by atoms with Crippen LogP contribution < -0.4 is 5.56 Å². The third-order valence-corrected chi connectivity index (χ3v) is 3.36. The van der Waals surface area contributed by atoms with Gasteiger partial charge >= 0.3 is 0 Å². The van der Waals surface area contributed by atoms with Crippen molar-refractivity contribution >= 4 is 5.78 Å². The number of nitrogens with zero attached hydrogens (tertiary/aromatic N) is 3. The molecular weight excluding hydrogens is 234 g/mol. The zero-order valence-corrected chi connectivity index (χ0v) is 10.1. The van der Waals surface area contributed by atoms with Gasteiger partial charge in [-0.15, -0.1) is 0 Å². The highest BCUT2D eigenvalue weighted by Gasteiger charge is 2.34. The quantitative estimate of drug-likeness (QED) is 0.844. The Labute approximate surface area is 103 Å². The molecule has 3 atom stereocenters. The zero-order chi connectivity index (χ0) is 12.7. The van der Waals surface area contributed by atoms with E-state index in [-0.39, 0.29) is 11.7 Å². The Hall–Kier alpha value is -1.66. The van der Waals surface area contributed by atoms with Crippen molar-refractivity contribution in [2.75, 3.05) is 0 Å². The van der Waals surface area contributed by atoms with Crippen LogP contribution in [0.4, 0.5) is 0 Å². The first kappa shape index (κ1) is 11.4. The van der Waals surface area contributed by atoms with E-state index in [2.05, 4.69) is 4.98 Å². The Morgan fingerprint density at radius 1 is 1.56 bits per heavy atom. The predicted octanol–water partition coefficient (Wildman–Crippen LogP) is 0.554. The molecule has 0 radical (unpaired) electrons. The molecule has 1 aliphatic rings. The summed E-state index contributed by atoms with van der Waals surface area (Å²) < 4.78 is 8.93. The van der Waals surface area contributed by atoms with Gasteiger partial charge in [-0.1, -0.05) is 6.92 Å². The Bertz CT molecular complexity index is 618. The van der Waals surface area contributed by atoms with Gasteiger partial charge in [-0.05, 0) is 6.42 Å². The number of hydrogen-bond donors (Lipinski definition) is 1. The third kappa shape index (κ3) is 1.65. The van der Waals surface area contributed by atoms with E-state index in [4.69, 9.17) is 4.74 Å². The van der Waals surface area contributed by atoms with Crippen LogP contribution in [0.2, 0.25) is 0 Å². The number of fused-ring (bicyclic) bond motifs is 1. The van der Waals surface area contributed by atoms with Crippen molar-refractivity contribution in [3.05, 3.63) is 35.0 Å². The second kappa shape index (κ2) is 4.22. The summed E-state index contributed by atoms with van der Waals surface area (Å²) in [4.78, 5) is 15.8. The molecule has 1 aliphatic heterocycles. The van der Waals surface area contributed by atoms with E-state index in [1.165, 1.54) is 10.5 Å². The maximum absolute atomic E-state index is 11.6. The molecule has 0 saturated carbocycles. The lowest BCUT2D eigenvalue weighted by molar-refractivity contribution is -0.0361. The number of aliphatic hydroxyl groups excluding tert-OH is 1. The van der Waals surface area contributed by atoms with Gasteiger partial charge < -0.3 is 9.84 Å². The molecule has 0 unspecified atom stereocenters. The van der Waals surface area contributed by atoms with Crippen LogP contribution in [0.25, 0.3) is 5.78 Å². The van der Waals surface area contributed by atoms with E-state index in [0.717, 1.165) is 6.42 Å². The molecule has 1 N–H and O–H groups in total. The Balaban J connectivity index is 2.07. The number of ether oxygens (including phenoxy) is 1. The molecule has 0 aliphatic carbocycles. The van der Waals surface area contributed by atoms with Gasteiger partial charge in [-0.3, -0.25) is 13.8 Å². The lowest BCUT2D eigenvalue weighted by Gasteiger charge is -2.18. The van der Waals surface area contributed by atoms with Crippen LogP contribution in [0.3, 0.4) is 0 Å². The standard InChI is InChI=1S/C12H15N3O3/c1-2-8-7-9(16)11(18-8)15-5-3-10(17)14-6-4-13-12(14)15/h3-6,8-9,11,16H,2,7H2,1H3/t8-,9-,11-/m1/s1. The van der Waals surface area contributed by atoms with Crippen molar-refractivity contribution in [3.63, 3.8) is 0 Å². The van der Waals surface area contributed by atoms with Gasteiger partial charge in [0.05, 0.1) is 6.10 Å². The summed E-state index contributed by atoms with van der Waals surface area (Å²) in [6.07, 6.45) is 5.27. The van der Waals surface area contributed by atoms with E-state index in [9.17, 15) is 9.90 Å². The van der Waals surface area contributed by atoms with Crippen LogP contribution in [0, 0.1) is 0 Å². The first-order valence-electron chi connectivity index (χ1n) is 6.08. The summed E-state index contributed by atoms with van der Waals surface area (Å²) in [5.41, 5.74) is -0.140. The number of imidazole rings is 1. The summed E-state index contributed by atoms with van der Waals surface area (Å²) >= 11 is 0. The molecule has 0 amide bonds. The number of aromatic nitrogens is 3. The van der Waals surface area contributed by atoms with Gasteiger partial charge in [-0.25, -0.2) is 4.98 Å². The van der Waals surface area contributed by atoms with Crippen molar-refractivity contribution in [1.82, 2.24) is 14.0 Å². The van der Waals surface area contributed by atoms with Crippen molar-refractivity contribution in [3.8, 4) is 0 Å². The van der Waals surface area contributed by atoms with E-state index in [0.29, 0.717) is 12.2 Å². The van der Waals surface area contributed by atoms with Crippen LogP contribution in [0.15, 0.2) is 29.5 Å². The Kier molecular flexibility index (Phi) is 2.68. The SMILES string of the molecule is CC[C@@H]1C[C@@H](O)[C@H](n2ccc(=O)n3ccnc23)O1. The smallest absolute Gasteiger partial charge is 0.258 e. The van der Waals surface area contributed by atoms with E-state index >= 15 is 0 Å². The summed E-state index contributed by atoms with van der Waals surface area (Å²) in [6, 6.07) is 1.45. The van der Waals surface area contributed by atoms with Crippen molar-refractivity contribution in [1.29, 1.82) is 0 Å². The first-order chi connectivity index (χ1) is 8.70. The molecule has 96 valence electrons. The summed E-state index contributed by atoms with van der Waals surface area (Å²) in [5.74, 6) is 0.489. The summed E-state index contributed by atoms with van der Waals surface area (Å²) in [5, 5.41) is 10.0. The number of hydrogen-bond acceptors (Lipinski definition) is 4. The summed E-state index contributed by atoms with van der Waals surface area (Å²) in [6.45, 7) is 2.02. The van der Waals surface area contributed by atoms with Gasteiger partial charge in [0.1, 0.15) is 6.10 Å². The average molecular weight is 249 g/mol. The van der Waals surface area contributed by atoms with Crippen molar-refractivity contribution in [2.24, 2.45) is 0 Å². The average Bonchev–Trinajstić information content (AvgIpc) is 2.97. The minimum Gasteiger partial charge on any atom is -0.388 e. The molecule has 3 heterocycles. The van der Waals surface area contributed by atoms with Crippen LogP contribution in [0.5, 0.6) is 0 Å². The fourth-order valence-electron chi connectivity index (χ4n) is 2.39. The van der Waals surface area contributed by atoms with Crippen LogP contribution in [0.1, 0.15) is 26.0 Å². The van der Waals surface area contributed by atoms with E-state index < -0.39 is 12.3 Å². The van der Waals surface area contributed by atoms with Crippen LogP contribution in [-0.4, -0.2) is 31.3 Å². The number of rotatable bonds is 2. The second-order valence-electron chi connectivity index (χ2n) is 4.52. The number of aliphatic hydroxyl groups is 1. The zero-order valence-electron chi connectivity index (χ0n) is 10.1. The molecule has 3 rings (SSSR count). The molecule has 1 fully saturated rings. The van der Waals surface area contributed by atoms with Gasteiger partial charge in [0, 0.05) is 31.1 Å². The summed E-state index contributed by atoms with van der Waals surface area (Å²) in [7, 11) is 0. The largest absolute Gasteiger partial charge is 0.388 e. The highest BCUT2D eigenvalue weighted by Crippen LogP contribution is 2.30. The minimum atomic E-state index is -0.571. The normalized spacial score (nSPS) is 28.0. The van der Waals surface area contributed by atoms with Crippen molar-refractivity contribution < 1.29 is 9.84 Å². The van der Waals surface area contributed by atoms with Crippen LogP contribution in [-0.2, 0) is 4.74 Å². The second-order valence-corrected chi connectivity index (χ2v) is 4.52. The Morgan fingerprint density at radius 2 is 2.39 bits per heavy atom. The minimum absolute atomic E-state index is 0.0550. The maximum Gasteiger partial charge on any atom is 0.258 e. The van der Waals surface area contributed by atoms with E-state index in [1.807, 2.05) is 6.92 Å². The van der Waals surface area contributed by atoms with Gasteiger partial charge in [-0.2, -0.15) is 0 Å². The monoisotopic (exact) mass is 249 g/mol. The molecule has 2 aromatic rings. The highest BCUT2D eigenvalue weighted by molar-refractivity contribution is 5.29. The van der Waals surface area contributed by atoms with Crippen LogP contribution >= 0.6 is 0 Å². The fourth-order valence-corrected chi connectivity index (χ4v) is 2.39. The lowest BCUT2D eigenvalue weighted by Crippen LogP contribution is -2.24. The fraction of sp³-hybridized carbons (Fsp3) is 0.500. The topological polar surface area (TPSA) is 68.8 Å². The van der Waals surface area contributed by atoms with Gasteiger partial charge in [0.2, 0.25) is 5.78 Å². The van der Waals surface area contributed by atoms with Gasteiger partial charge in [0.15, 0.2) is 6.23 Å². The molecule has 18 heavy (non-hydrogen) atoms. The molecule has 2 aromatic heterocycles. The highest BCUT2D eigenvalue weighted by atomic mass is 16.5. The molecule has 0 aromatic carbocycles. The molecule has 1 saturated heterocycles. The lowest BCUT2D eigenvalue weighted by atomic mass is 10.1. The third-order valence-electron chi connectivity index (χ3n) is 3.36.